The molecule has 0 bridgehead atoms. The first-order valence-corrected chi connectivity index (χ1v) is 16.5. The molecule has 0 aromatic heterocycles. The molecule has 4 aromatic rings. The Kier molecular flexibility index (Phi) is 11.5. The number of piperazine rings is 1. The van der Waals surface area contributed by atoms with Crippen molar-refractivity contribution in [2.45, 2.75) is 44.8 Å². The Morgan fingerprint density at radius 2 is 1.56 bits per heavy atom. The van der Waals surface area contributed by atoms with Gasteiger partial charge in [0.1, 0.15) is 17.6 Å². The van der Waals surface area contributed by atoms with Crippen molar-refractivity contribution < 1.29 is 27.5 Å². The number of rotatable bonds is 8. The zero-order valence-corrected chi connectivity index (χ0v) is 29.4. The summed E-state index contributed by atoms with van der Waals surface area (Å²) in [7, 11) is 0. The summed E-state index contributed by atoms with van der Waals surface area (Å²) in [6.07, 6.45) is -5.08. The number of hydrogen-bond acceptors (Lipinski definition) is 5. The highest BCUT2D eigenvalue weighted by Gasteiger charge is 2.44. The van der Waals surface area contributed by atoms with Crippen LogP contribution in [0.1, 0.15) is 64.1 Å². The number of nitrogens with one attached hydrogen (secondary N) is 1. The Labute approximate surface area is 304 Å². The molecule has 0 radical (unpaired) electrons. The molecular weight excluding hydrogens is 712 g/mol. The van der Waals surface area contributed by atoms with Crippen LogP contribution in [-0.2, 0) is 17.5 Å². The molecule has 1 fully saturated rings. The largest absolute Gasteiger partial charge is 0.490 e. The lowest BCUT2D eigenvalue weighted by molar-refractivity contribution is -0.137. The minimum absolute atomic E-state index is 0. The molecule has 2 aliphatic heterocycles. The molecular formula is C37H34Cl3F3N4O3. The van der Waals surface area contributed by atoms with Crippen molar-refractivity contribution in [1.29, 1.82) is 0 Å². The number of ether oxygens (including phenoxy) is 1. The van der Waals surface area contributed by atoms with Crippen LogP contribution >= 0.6 is 35.6 Å². The van der Waals surface area contributed by atoms with Crippen molar-refractivity contribution in [3.8, 4) is 5.75 Å². The SMILES string of the molecule is CC(C)Oc1cc(C(F)(F)F)ccc1C1=NC(c2ccc(Cl)cc2)C(c2ccc(Cl)cc2)N1C(=O)c1ccc(CN2CCNC(=O)C2)cc1.Cl. The van der Waals surface area contributed by atoms with Crippen LogP contribution in [-0.4, -0.2) is 53.2 Å². The predicted octanol–water partition coefficient (Wildman–Crippen LogP) is 8.54. The summed E-state index contributed by atoms with van der Waals surface area (Å²) in [5, 5.41) is 3.83. The van der Waals surface area contributed by atoms with Crippen LogP contribution in [0, 0.1) is 0 Å². The maximum Gasteiger partial charge on any atom is 0.416 e. The van der Waals surface area contributed by atoms with Crippen LogP contribution in [0.15, 0.2) is 96.0 Å². The van der Waals surface area contributed by atoms with Gasteiger partial charge in [-0.3, -0.25) is 24.4 Å². The molecule has 2 aliphatic rings. The zero-order chi connectivity index (χ0) is 34.9. The van der Waals surface area contributed by atoms with E-state index in [1.807, 2.05) is 41.3 Å². The molecule has 2 heterocycles. The standard InChI is InChI=1S/C37H33Cl2F3N4O3.ClH/c1-22(2)49-31-19-27(37(40,41)42)11-16-30(31)35-44-33(24-7-12-28(38)13-8-24)34(25-9-14-29(39)15-10-25)46(35)36(48)26-5-3-23(4-6-26)20-45-18-17-43-32(47)21-45;/h3-16,19,22,33-34H,17-18,20-21H2,1-2H3,(H,43,47);1H. The second-order valence-electron chi connectivity index (χ2n) is 12.3. The van der Waals surface area contributed by atoms with Crippen LogP contribution < -0.4 is 10.1 Å². The van der Waals surface area contributed by atoms with Crippen LogP contribution in [0.2, 0.25) is 10.0 Å². The lowest BCUT2D eigenvalue weighted by atomic mass is 9.93. The van der Waals surface area contributed by atoms with Crippen molar-refractivity contribution >= 4 is 53.3 Å². The fraction of sp³-hybridized carbons (Fsp3) is 0.270. The third-order valence-electron chi connectivity index (χ3n) is 8.35. The second kappa shape index (κ2) is 15.4. The predicted molar refractivity (Wildman–Crippen MR) is 190 cm³/mol. The van der Waals surface area contributed by atoms with Gasteiger partial charge < -0.3 is 10.1 Å². The van der Waals surface area contributed by atoms with E-state index in [-0.39, 0.29) is 42.0 Å². The molecule has 50 heavy (non-hydrogen) atoms. The van der Waals surface area contributed by atoms with Crippen LogP contribution in [0.5, 0.6) is 5.75 Å². The van der Waals surface area contributed by atoms with E-state index in [2.05, 4.69) is 5.32 Å². The number of benzene rings is 4. The normalized spacial score (nSPS) is 18.0. The molecule has 1 N–H and O–H groups in total. The lowest BCUT2D eigenvalue weighted by Gasteiger charge is -2.30. The summed E-state index contributed by atoms with van der Waals surface area (Å²) < 4.78 is 47.6. The molecule has 0 saturated carbocycles. The Morgan fingerprint density at radius 1 is 0.940 bits per heavy atom. The van der Waals surface area contributed by atoms with Gasteiger partial charge in [-0.2, -0.15) is 13.2 Å². The van der Waals surface area contributed by atoms with Crippen molar-refractivity contribution in [2.24, 2.45) is 4.99 Å². The Hall–Kier alpha value is -4.09. The van der Waals surface area contributed by atoms with E-state index >= 15 is 0 Å². The fourth-order valence-electron chi connectivity index (χ4n) is 6.08. The lowest BCUT2D eigenvalue weighted by Crippen LogP contribution is -2.47. The van der Waals surface area contributed by atoms with Crippen LogP contribution in [0.4, 0.5) is 13.2 Å². The van der Waals surface area contributed by atoms with Gasteiger partial charge in [0.25, 0.3) is 5.91 Å². The van der Waals surface area contributed by atoms with E-state index in [1.165, 1.54) is 11.0 Å². The number of nitrogens with zero attached hydrogens (tertiary/aromatic N) is 3. The molecule has 2 unspecified atom stereocenters. The topological polar surface area (TPSA) is 74.2 Å². The van der Waals surface area contributed by atoms with Crippen molar-refractivity contribution in [3.05, 3.63) is 134 Å². The van der Waals surface area contributed by atoms with Crippen molar-refractivity contribution in [1.82, 2.24) is 15.1 Å². The smallest absolute Gasteiger partial charge is 0.416 e. The van der Waals surface area contributed by atoms with E-state index in [1.54, 1.807) is 50.2 Å². The molecule has 4 aromatic carbocycles. The number of carbonyl (C=O) groups excluding carboxylic acids is 2. The Bertz CT molecular complexity index is 1870. The number of amidine groups is 1. The fourth-order valence-corrected chi connectivity index (χ4v) is 6.33. The van der Waals surface area contributed by atoms with E-state index in [9.17, 15) is 22.8 Å². The monoisotopic (exact) mass is 744 g/mol. The number of hydrogen-bond donors (Lipinski definition) is 1. The van der Waals surface area contributed by atoms with Crippen LogP contribution in [0.3, 0.4) is 0 Å². The first kappa shape index (κ1) is 37.2. The molecule has 6 rings (SSSR count). The summed E-state index contributed by atoms with van der Waals surface area (Å²) in [5.74, 6) is -0.326. The Morgan fingerprint density at radius 3 is 2.14 bits per heavy atom. The molecule has 0 spiro atoms. The molecule has 13 heteroatoms. The first-order valence-electron chi connectivity index (χ1n) is 15.8. The number of carbonyl (C=O) groups is 2. The van der Waals surface area contributed by atoms with Crippen molar-refractivity contribution in [3.63, 3.8) is 0 Å². The summed E-state index contributed by atoms with van der Waals surface area (Å²) in [6.45, 7) is 5.54. The van der Waals surface area contributed by atoms with Gasteiger partial charge in [-0.1, -0.05) is 59.6 Å². The number of aliphatic imine (C=N–C) groups is 1. The van der Waals surface area contributed by atoms with E-state index in [0.717, 1.165) is 28.8 Å². The van der Waals surface area contributed by atoms with Gasteiger partial charge in [-0.05, 0) is 85.1 Å². The van der Waals surface area contributed by atoms with Gasteiger partial charge in [0.2, 0.25) is 5.91 Å². The average molecular weight is 746 g/mol. The van der Waals surface area contributed by atoms with E-state index < -0.39 is 35.8 Å². The highest BCUT2D eigenvalue weighted by Crippen LogP contribution is 2.46. The number of amides is 2. The third kappa shape index (κ3) is 8.26. The molecule has 262 valence electrons. The van der Waals surface area contributed by atoms with Gasteiger partial charge in [0, 0.05) is 35.2 Å². The summed E-state index contributed by atoms with van der Waals surface area (Å²) in [6, 6.07) is 23.1. The maximum atomic E-state index is 14.7. The summed E-state index contributed by atoms with van der Waals surface area (Å²) in [5.41, 5.74) is 2.09. The molecule has 7 nitrogen and oxygen atoms in total. The molecule has 1 saturated heterocycles. The average Bonchev–Trinajstić information content (AvgIpc) is 3.45. The minimum Gasteiger partial charge on any atom is -0.490 e. The quantitative estimate of drug-likeness (QED) is 0.196. The van der Waals surface area contributed by atoms with Gasteiger partial charge >= 0.3 is 6.18 Å². The minimum atomic E-state index is -4.61. The number of halogens is 6. The summed E-state index contributed by atoms with van der Waals surface area (Å²) in [4.78, 5) is 35.2. The maximum absolute atomic E-state index is 14.7. The van der Waals surface area contributed by atoms with Crippen LogP contribution in [0.25, 0.3) is 0 Å². The number of alkyl halides is 3. The molecule has 0 aliphatic carbocycles. The van der Waals surface area contributed by atoms with Gasteiger partial charge in [-0.25, -0.2) is 0 Å². The zero-order valence-electron chi connectivity index (χ0n) is 27.1. The van der Waals surface area contributed by atoms with E-state index in [0.29, 0.717) is 35.2 Å². The third-order valence-corrected chi connectivity index (χ3v) is 8.85. The molecule has 2 amide bonds. The van der Waals surface area contributed by atoms with E-state index in [4.69, 9.17) is 32.9 Å². The molecule has 2 atom stereocenters. The highest BCUT2D eigenvalue weighted by atomic mass is 35.5. The summed E-state index contributed by atoms with van der Waals surface area (Å²) >= 11 is 12.5. The highest BCUT2D eigenvalue weighted by molar-refractivity contribution is 6.30. The van der Waals surface area contributed by atoms with Crippen molar-refractivity contribution in [2.75, 3.05) is 19.6 Å². The van der Waals surface area contributed by atoms with Gasteiger partial charge in [-0.15, -0.1) is 12.4 Å². The first-order chi connectivity index (χ1) is 23.4. The van der Waals surface area contributed by atoms with Gasteiger partial charge in [0.15, 0.2) is 0 Å². The second-order valence-corrected chi connectivity index (χ2v) is 13.1. The van der Waals surface area contributed by atoms with Gasteiger partial charge in [0.05, 0.1) is 29.8 Å². The Balaban J connectivity index is 0.00000486.